The molecule has 21 heavy (non-hydrogen) atoms. The number of halogens is 1. The molecule has 0 aromatic heterocycles. The second kappa shape index (κ2) is 5.32. The molecule has 0 bridgehead atoms. The molecule has 1 aromatic carbocycles. The summed E-state index contributed by atoms with van der Waals surface area (Å²) in [5.74, 6) is -0.200. The number of amides is 1. The molecular weight excluding hydrogens is 267 g/mol. The molecule has 3 rings (SSSR count). The van der Waals surface area contributed by atoms with Crippen LogP contribution in [-0.4, -0.2) is 11.9 Å². The topological polar surface area (TPSA) is 41.1 Å². The third-order valence-electron chi connectivity index (χ3n) is 4.79. The predicted octanol–water partition coefficient (Wildman–Crippen LogP) is 4.09. The number of carbonyl (C=O) groups excluding carboxylic acids is 1. The van der Waals surface area contributed by atoms with Gasteiger partial charge < -0.3 is 10.6 Å². The number of aryl methyl sites for hydroxylation is 1. The summed E-state index contributed by atoms with van der Waals surface area (Å²) in [7, 11) is 0. The number of anilines is 2. The number of fused-ring (bicyclic) bond motifs is 1. The molecule has 2 N–H and O–H groups in total. The molecule has 3 nitrogen and oxygen atoms in total. The molecule has 1 fully saturated rings. The molecule has 0 unspecified atom stereocenters. The Kier molecular flexibility index (Phi) is 3.64. The van der Waals surface area contributed by atoms with Crippen LogP contribution in [0.3, 0.4) is 0 Å². The lowest BCUT2D eigenvalue weighted by atomic mass is 9.75. The highest BCUT2D eigenvalue weighted by molar-refractivity contribution is 5.94. The molecule has 114 valence electrons. The summed E-state index contributed by atoms with van der Waals surface area (Å²) in [6.07, 6.45) is 5.51. The van der Waals surface area contributed by atoms with Crippen LogP contribution in [0.2, 0.25) is 0 Å². The Morgan fingerprint density at radius 2 is 1.95 bits per heavy atom. The van der Waals surface area contributed by atoms with E-state index in [0.29, 0.717) is 30.0 Å². The van der Waals surface area contributed by atoms with Gasteiger partial charge in [0.1, 0.15) is 5.82 Å². The van der Waals surface area contributed by atoms with Gasteiger partial charge in [0.25, 0.3) is 0 Å². The Balaban J connectivity index is 1.74. The van der Waals surface area contributed by atoms with Gasteiger partial charge in [-0.15, -0.1) is 0 Å². The SMILES string of the molecule is CC1(C)CCC(Nc2cc3c(cc2F)CCC(=O)N3)CC1. The molecule has 1 amide bonds. The van der Waals surface area contributed by atoms with Crippen molar-refractivity contribution in [2.45, 2.75) is 58.4 Å². The maximum absolute atomic E-state index is 14.2. The number of benzene rings is 1. The van der Waals surface area contributed by atoms with E-state index in [1.807, 2.05) is 0 Å². The van der Waals surface area contributed by atoms with Crippen molar-refractivity contribution in [1.82, 2.24) is 0 Å². The quantitative estimate of drug-likeness (QED) is 0.861. The molecule has 0 saturated heterocycles. The molecule has 0 spiro atoms. The van der Waals surface area contributed by atoms with Crippen molar-refractivity contribution in [1.29, 1.82) is 0 Å². The van der Waals surface area contributed by atoms with Crippen LogP contribution >= 0.6 is 0 Å². The lowest BCUT2D eigenvalue weighted by Gasteiger charge is -2.35. The van der Waals surface area contributed by atoms with Crippen LogP contribution in [0.25, 0.3) is 0 Å². The largest absolute Gasteiger partial charge is 0.380 e. The summed E-state index contributed by atoms with van der Waals surface area (Å²) in [5.41, 5.74) is 2.56. The summed E-state index contributed by atoms with van der Waals surface area (Å²) in [6, 6.07) is 3.63. The second-order valence-electron chi connectivity index (χ2n) is 7.12. The van der Waals surface area contributed by atoms with E-state index in [-0.39, 0.29) is 11.7 Å². The van der Waals surface area contributed by atoms with Gasteiger partial charge in [-0.1, -0.05) is 13.8 Å². The van der Waals surface area contributed by atoms with Crippen molar-refractivity contribution in [2.75, 3.05) is 10.6 Å². The van der Waals surface area contributed by atoms with Crippen molar-refractivity contribution in [3.63, 3.8) is 0 Å². The van der Waals surface area contributed by atoms with Crippen molar-refractivity contribution < 1.29 is 9.18 Å². The molecule has 1 aliphatic carbocycles. The van der Waals surface area contributed by atoms with Crippen LogP contribution in [0, 0.1) is 11.2 Å². The van der Waals surface area contributed by atoms with Gasteiger partial charge in [-0.3, -0.25) is 4.79 Å². The van der Waals surface area contributed by atoms with Crippen molar-refractivity contribution in [3.05, 3.63) is 23.5 Å². The molecular formula is C17H23FN2O. The van der Waals surface area contributed by atoms with E-state index < -0.39 is 0 Å². The van der Waals surface area contributed by atoms with Gasteiger partial charge in [0.2, 0.25) is 5.91 Å². The summed E-state index contributed by atoms with van der Waals surface area (Å²) in [4.78, 5) is 11.5. The van der Waals surface area contributed by atoms with E-state index in [1.54, 1.807) is 12.1 Å². The van der Waals surface area contributed by atoms with Crippen molar-refractivity contribution in [2.24, 2.45) is 5.41 Å². The zero-order valence-corrected chi connectivity index (χ0v) is 12.8. The van der Waals surface area contributed by atoms with Crippen LogP contribution in [-0.2, 0) is 11.2 Å². The Morgan fingerprint density at radius 3 is 2.67 bits per heavy atom. The first kappa shape index (κ1) is 14.4. The first-order chi connectivity index (χ1) is 9.93. The second-order valence-corrected chi connectivity index (χ2v) is 7.12. The first-order valence-electron chi connectivity index (χ1n) is 7.82. The zero-order chi connectivity index (χ0) is 15.0. The standard InChI is InChI=1S/C17H23FN2O/c1-17(2)7-5-12(6-8-17)19-15-10-14-11(9-13(15)18)3-4-16(21)20-14/h9-10,12,19H,3-8H2,1-2H3,(H,20,21). The monoisotopic (exact) mass is 290 g/mol. The zero-order valence-electron chi connectivity index (χ0n) is 12.8. The van der Waals surface area contributed by atoms with Gasteiger partial charge in [0, 0.05) is 18.2 Å². The molecule has 1 saturated carbocycles. The van der Waals surface area contributed by atoms with E-state index in [0.717, 1.165) is 36.9 Å². The van der Waals surface area contributed by atoms with Gasteiger partial charge in [0.05, 0.1) is 5.69 Å². The minimum absolute atomic E-state index is 0.0134. The summed E-state index contributed by atoms with van der Waals surface area (Å²) >= 11 is 0. The molecule has 0 radical (unpaired) electrons. The highest BCUT2D eigenvalue weighted by Gasteiger charge is 2.27. The van der Waals surface area contributed by atoms with Crippen LogP contribution < -0.4 is 10.6 Å². The van der Waals surface area contributed by atoms with Crippen LogP contribution in [0.5, 0.6) is 0 Å². The van der Waals surface area contributed by atoms with Gasteiger partial charge in [-0.25, -0.2) is 4.39 Å². The molecule has 0 atom stereocenters. The number of hydrogen-bond donors (Lipinski definition) is 2. The Bertz CT molecular complexity index is 558. The smallest absolute Gasteiger partial charge is 0.224 e. The van der Waals surface area contributed by atoms with Gasteiger partial charge in [0.15, 0.2) is 0 Å². The highest BCUT2D eigenvalue weighted by Crippen LogP contribution is 2.37. The third-order valence-corrected chi connectivity index (χ3v) is 4.79. The maximum atomic E-state index is 14.2. The van der Waals surface area contributed by atoms with Crippen LogP contribution in [0.4, 0.5) is 15.8 Å². The molecule has 1 aliphatic heterocycles. The predicted molar refractivity (Wildman–Crippen MR) is 83.0 cm³/mol. The van der Waals surface area contributed by atoms with Crippen molar-refractivity contribution >= 4 is 17.3 Å². The third kappa shape index (κ3) is 3.20. The lowest BCUT2D eigenvalue weighted by molar-refractivity contribution is -0.116. The summed E-state index contributed by atoms with van der Waals surface area (Å²) in [5, 5.41) is 6.16. The highest BCUT2D eigenvalue weighted by atomic mass is 19.1. The first-order valence-corrected chi connectivity index (χ1v) is 7.82. The number of hydrogen-bond acceptors (Lipinski definition) is 2. The summed E-state index contributed by atoms with van der Waals surface area (Å²) in [6.45, 7) is 4.58. The van der Waals surface area contributed by atoms with Gasteiger partial charge >= 0.3 is 0 Å². The summed E-state index contributed by atoms with van der Waals surface area (Å²) < 4.78 is 14.2. The van der Waals surface area contributed by atoms with E-state index in [4.69, 9.17) is 0 Å². The van der Waals surface area contributed by atoms with Crippen LogP contribution in [0.1, 0.15) is 51.5 Å². The fourth-order valence-electron chi connectivity index (χ4n) is 3.27. The number of nitrogens with one attached hydrogen (secondary N) is 2. The Morgan fingerprint density at radius 1 is 1.24 bits per heavy atom. The molecule has 1 heterocycles. The van der Waals surface area contributed by atoms with Crippen molar-refractivity contribution in [3.8, 4) is 0 Å². The van der Waals surface area contributed by atoms with E-state index in [9.17, 15) is 9.18 Å². The van der Waals surface area contributed by atoms with Crippen LogP contribution in [0.15, 0.2) is 12.1 Å². The minimum atomic E-state index is -0.213. The lowest BCUT2D eigenvalue weighted by Crippen LogP contribution is -2.30. The average molecular weight is 290 g/mol. The van der Waals surface area contributed by atoms with E-state index in [1.165, 1.54) is 0 Å². The number of carbonyl (C=O) groups is 1. The fourth-order valence-corrected chi connectivity index (χ4v) is 3.27. The molecule has 2 aliphatic rings. The fraction of sp³-hybridized carbons (Fsp3) is 0.588. The molecule has 1 aromatic rings. The normalized spacial score (nSPS) is 21.6. The molecule has 4 heteroatoms. The number of rotatable bonds is 2. The van der Waals surface area contributed by atoms with Gasteiger partial charge in [-0.05, 0) is 55.2 Å². The average Bonchev–Trinajstić information content (AvgIpc) is 2.42. The Labute approximate surface area is 125 Å². The minimum Gasteiger partial charge on any atom is -0.380 e. The maximum Gasteiger partial charge on any atom is 0.224 e. The van der Waals surface area contributed by atoms with Gasteiger partial charge in [-0.2, -0.15) is 0 Å². The van der Waals surface area contributed by atoms with E-state index in [2.05, 4.69) is 24.5 Å². The Hall–Kier alpha value is -1.58. The van der Waals surface area contributed by atoms with E-state index >= 15 is 0 Å².